The monoisotopic (exact) mass is 363 g/mol. The van der Waals surface area contributed by atoms with Gasteiger partial charge in [0, 0.05) is 12.3 Å². The lowest BCUT2D eigenvalue weighted by Crippen LogP contribution is -2.05. The molecule has 3 rings (SSSR count). The number of hydrogen-bond donors (Lipinski definition) is 0. The number of esters is 1. The Morgan fingerprint density at radius 3 is 2.41 bits per heavy atom. The molecule has 27 heavy (non-hydrogen) atoms. The van der Waals surface area contributed by atoms with Gasteiger partial charge in [0.2, 0.25) is 5.88 Å². The molecule has 6 heteroatoms. The molecule has 1 heterocycles. The highest BCUT2D eigenvalue weighted by Crippen LogP contribution is 2.32. The summed E-state index contributed by atoms with van der Waals surface area (Å²) in [6.07, 6.45) is 3.98. The molecule has 0 spiro atoms. The van der Waals surface area contributed by atoms with Crippen LogP contribution in [0.25, 0.3) is 0 Å². The number of carbonyl (C=O) groups excluding carboxylic acids is 1. The molecule has 0 aliphatic rings. The first-order valence-corrected chi connectivity index (χ1v) is 8.11. The molecule has 2 aromatic carbocycles. The number of para-hydroxylation sites is 3. The van der Waals surface area contributed by atoms with Gasteiger partial charge in [-0.05, 0) is 30.3 Å². The van der Waals surface area contributed by atoms with Crippen LogP contribution in [0.4, 0.5) is 0 Å². The molecule has 3 aromatic rings. The molecule has 6 nitrogen and oxygen atoms in total. The van der Waals surface area contributed by atoms with Gasteiger partial charge in [0.05, 0.1) is 19.4 Å². The molecule has 0 unspecified atom stereocenters. The van der Waals surface area contributed by atoms with Gasteiger partial charge in [-0.1, -0.05) is 30.3 Å². The molecule has 0 fully saturated rings. The van der Waals surface area contributed by atoms with Crippen LogP contribution in [0.5, 0.6) is 28.9 Å². The third-order valence-corrected chi connectivity index (χ3v) is 3.30. The molecule has 0 N–H and O–H groups in total. The number of carbonyl (C=O) groups is 1. The van der Waals surface area contributed by atoms with Crippen molar-refractivity contribution >= 4 is 5.97 Å². The van der Waals surface area contributed by atoms with Crippen molar-refractivity contribution in [3.8, 4) is 28.9 Å². The van der Waals surface area contributed by atoms with Crippen LogP contribution in [0.3, 0.4) is 0 Å². The SMILES string of the molecule is COC=CC(=O)Oc1ccccc1Oc1cc(Oc2ccccc2)ccn1. The van der Waals surface area contributed by atoms with Crippen LogP contribution < -0.4 is 14.2 Å². The number of aromatic nitrogens is 1. The standard InChI is InChI=1S/C21H17NO5/c1-24-14-12-21(23)27-19-10-6-5-9-18(19)26-20-15-17(11-13-22-20)25-16-7-3-2-4-8-16/h2-15H,1H3. The normalized spacial score (nSPS) is 10.4. The van der Waals surface area contributed by atoms with E-state index in [-0.39, 0.29) is 5.75 Å². The van der Waals surface area contributed by atoms with Crippen LogP contribution in [-0.4, -0.2) is 18.1 Å². The summed E-state index contributed by atoms with van der Waals surface area (Å²) in [5.41, 5.74) is 0. The quantitative estimate of drug-likeness (QED) is 0.262. The Labute approximate surface area is 156 Å². The average Bonchev–Trinajstić information content (AvgIpc) is 2.69. The fourth-order valence-corrected chi connectivity index (χ4v) is 2.13. The molecule has 0 saturated heterocycles. The van der Waals surface area contributed by atoms with Crippen LogP contribution >= 0.6 is 0 Å². The lowest BCUT2D eigenvalue weighted by atomic mass is 10.3. The zero-order valence-electron chi connectivity index (χ0n) is 14.6. The molecule has 0 atom stereocenters. The summed E-state index contributed by atoms with van der Waals surface area (Å²) in [7, 11) is 1.44. The Balaban J connectivity index is 1.75. The van der Waals surface area contributed by atoms with E-state index < -0.39 is 5.97 Å². The van der Waals surface area contributed by atoms with Crippen molar-refractivity contribution in [2.75, 3.05) is 7.11 Å². The predicted molar refractivity (Wildman–Crippen MR) is 99.1 cm³/mol. The molecular weight excluding hydrogens is 346 g/mol. The van der Waals surface area contributed by atoms with Gasteiger partial charge in [0.1, 0.15) is 11.5 Å². The van der Waals surface area contributed by atoms with E-state index in [1.165, 1.54) is 19.4 Å². The van der Waals surface area contributed by atoms with Crippen molar-refractivity contribution in [3.05, 3.63) is 85.3 Å². The first-order chi connectivity index (χ1) is 13.2. The molecule has 0 saturated carbocycles. The summed E-state index contributed by atoms with van der Waals surface area (Å²) in [4.78, 5) is 15.9. The third kappa shape index (κ3) is 5.34. The van der Waals surface area contributed by atoms with Crippen molar-refractivity contribution in [2.24, 2.45) is 0 Å². The maximum atomic E-state index is 11.8. The average molecular weight is 363 g/mol. The summed E-state index contributed by atoms with van der Waals surface area (Å²) in [5, 5.41) is 0. The minimum atomic E-state index is -0.581. The van der Waals surface area contributed by atoms with Crippen LogP contribution in [-0.2, 0) is 9.53 Å². The highest BCUT2D eigenvalue weighted by atomic mass is 16.6. The Hall–Kier alpha value is -3.80. The first kappa shape index (κ1) is 18.0. The van der Waals surface area contributed by atoms with Crippen molar-refractivity contribution in [3.63, 3.8) is 0 Å². The van der Waals surface area contributed by atoms with E-state index in [1.54, 1.807) is 42.6 Å². The summed E-state index contributed by atoms with van der Waals surface area (Å²) in [5.74, 6) is 1.61. The zero-order chi connectivity index (χ0) is 18.9. The molecule has 0 amide bonds. The number of rotatable bonds is 7. The van der Waals surface area contributed by atoms with Crippen LogP contribution in [0.15, 0.2) is 85.3 Å². The van der Waals surface area contributed by atoms with Crippen LogP contribution in [0.1, 0.15) is 0 Å². The maximum absolute atomic E-state index is 11.8. The smallest absolute Gasteiger partial charge is 0.339 e. The Bertz CT molecular complexity index is 925. The van der Waals surface area contributed by atoms with E-state index in [2.05, 4.69) is 4.98 Å². The second kappa shape index (κ2) is 9.05. The minimum Gasteiger partial charge on any atom is -0.504 e. The summed E-state index contributed by atoms with van der Waals surface area (Å²) in [6.45, 7) is 0. The second-order valence-electron chi connectivity index (χ2n) is 5.25. The number of benzene rings is 2. The summed E-state index contributed by atoms with van der Waals surface area (Å²) in [6, 6.07) is 19.6. The Kier molecular flexibility index (Phi) is 6.04. The lowest BCUT2D eigenvalue weighted by molar-refractivity contribution is -0.129. The van der Waals surface area contributed by atoms with Gasteiger partial charge < -0.3 is 18.9 Å². The topological polar surface area (TPSA) is 66.9 Å². The van der Waals surface area contributed by atoms with Gasteiger partial charge >= 0.3 is 5.97 Å². The number of methoxy groups -OCH3 is 1. The number of ether oxygens (including phenoxy) is 4. The molecule has 0 aliphatic carbocycles. The molecule has 136 valence electrons. The second-order valence-corrected chi connectivity index (χ2v) is 5.25. The zero-order valence-corrected chi connectivity index (χ0v) is 14.6. The van der Waals surface area contributed by atoms with Gasteiger partial charge in [-0.2, -0.15) is 0 Å². The van der Waals surface area contributed by atoms with E-state index in [1.807, 2.05) is 30.3 Å². The molecule has 0 aliphatic heterocycles. The van der Waals surface area contributed by atoms with E-state index >= 15 is 0 Å². The predicted octanol–water partition coefficient (Wildman–Crippen LogP) is 4.73. The lowest BCUT2D eigenvalue weighted by Gasteiger charge is -2.11. The number of hydrogen-bond acceptors (Lipinski definition) is 6. The van der Waals surface area contributed by atoms with Gasteiger partial charge in [0.25, 0.3) is 0 Å². The van der Waals surface area contributed by atoms with E-state index in [9.17, 15) is 4.79 Å². The van der Waals surface area contributed by atoms with Gasteiger partial charge in [-0.15, -0.1) is 0 Å². The minimum absolute atomic E-state index is 0.263. The summed E-state index contributed by atoms with van der Waals surface area (Å²) < 4.78 is 21.5. The van der Waals surface area contributed by atoms with Crippen molar-refractivity contribution in [1.82, 2.24) is 4.98 Å². The van der Waals surface area contributed by atoms with E-state index in [0.717, 1.165) is 0 Å². The molecule has 0 bridgehead atoms. The fraction of sp³-hybridized carbons (Fsp3) is 0.0476. The Morgan fingerprint density at radius 2 is 1.63 bits per heavy atom. The van der Waals surface area contributed by atoms with Crippen molar-refractivity contribution in [1.29, 1.82) is 0 Å². The van der Waals surface area contributed by atoms with Crippen molar-refractivity contribution in [2.45, 2.75) is 0 Å². The fourth-order valence-electron chi connectivity index (χ4n) is 2.13. The van der Waals surface area contributed by atoms with E-state index in [0.29, 0.717) is 23.1 Å². The third-order valence-electron chi connectivity index (χ3n) is 3.30. The van der Waals surface area contributed by atoms with Crippen LogP contribution in [0, 0.1) is 0 Å². The largest absolute Gasteiger partial charge is 0.504 e. The molecule has 1 aromatic heterocycles. The van der Waals surface area contributed by atoms with Crippen molar-refractivity contribution < 1.29 is 23.7 Å². The molecular formula is C21H17NO5. The first-order valence-electron chi connectivity index (χ1n) is 8.11. The van der Waals surface area contributed by atoms with Crippen LogP contribution in [0.2, 0.25) is 0 Å². The highest BCUT2D eigenvalue weighted by Gasteiger charge is 2.10. The summed E-state index contributed by atoms with van der Waals surface area (Å²) >= 11 is 0. The van der Waals surface area contributed by atoms with Gasteiger partial charge in [-0.25, -0.2) is 9.78 Å². The maximum Gasteiger partial charge on any atom is 0.339 e. The molecule has 0 radical (unpaired) electrons. The van der Waals surface area contributed by atoms with Gasteiger partial charge in [0.15, 0.2) is 11.5 Å². The number of nitrogens with zero attached hydrogens (tertiary/aromatic N) is 1. The Morgan fingerprint density at radius 1 is 0.889 bits per heavy atom. The highest BCUT2D eigenvalue weighted by molar-refractivity contribution is 5.84. The van der Waals surface area contributed by atoms with Gasteiger partial charge in [-0.3, -0.25) is 0 Å². The van der Waals surface area contributed by atoms with E-state index in [4.69, 9.17) is 18.9 Å². The number of pyridine rings is 1.